The molecule has 0 radical (unpaired) electrons. The van der Waals surface area contributed by atoms with E-state index in [4.69, 9.17) is 5.73 Å². The van der Waals surface area contributed by atoms with Crippen LogP contribution in [0, 0.1) is 6.92 Å². The van der Waals surface area contributed by atoms with Gasteiger partial charge < -0.3 is 10.6 Å². The van der Waals surface area contributed by atoms with Gasteiger partial charge >= 0.3 is 0 Å². The minimum atomic E-state index is -3.74. The number of benzene rings is 2. The van der Waals surface area contributed by atoms with E-state index in [9.17, 15) is 18.0 Å². The van der Waals surface area contributed by atoms with Gasteiger partial charge in [-0.25, -0.2) is 8.42 Å². The highest BCUT2D eigenvalue weighted by Crippen LogP contribution is 2.29. The lowest BCUT2D eigenvalue weighted by Crippen LogP contribution is -2.41. The van der Waals surface area contributed by atoms with Crippen LogP contribution in [-0.2, 0) is 21.4 Å². The fraction of sp³-hybridized carbons (Fsp3) is 0.333. The molecule has 0 aliphatic heterocycles. The summed E-state index contributed by atoms with van der Waals surface area (Å²) in [6, 6.07) is 13.4. The fourth-order valence-corrected chi connectivity index (χ4v) is 4.16. The molecule has 0 bridgehead atoms. The molecule has 1 aliphatic rings. The van der Waals surface area contributed by atoms with Gasteiger partial charge in [-0.05, 0) is 49.6 Å². The summed E-state index contributed by atoms with van der Waals surface area (Å²) >= 11 is 0. The van der Waals surface area contributed by atoms with Crippen molar-refractivity contribution in [3.05, 3.63) is 65.2 Å². The number of carbonyl (C=O) groups is 2. The second-order valence-corrected chi connectivity index (χ2v) is 9.43. The third kappa shape index (κ3) is 5.02. The Morgan fingerprint density at radius 2 is 1.62 bits per heavy atom. The molecule has 154 valence electrons. The van der Waals surface area contributed by atoms with Crippen molar-refractivity contribution in [2.75, 3.05) is 13.6 Å². The molecule has 8 heteroatoms. The topological polar surface area (TPSA) is 101 Å². The first-order valence-electron chi connectivity index (χ1n) is 9.39. The van der Waals surface area contributed by atoms with Gasteiger partial charge in [-0.2, -0.15) is 4.31 Å². The number of nitrogens with zero attached hydrogens (tertiary/aromatic N) is 2. The number of carbonyl (C=O) groups excluding carboxylic acids is 2. The standard InChI is InChI=1S/C21H25N3O4S/c1-15-3-11-19(12-4-15)29(27,28)23(2)14-20(25)24(18-9-10-18)13-16-5-7-17(8-6-16)21(22)26/h3-8,11-12,18H,9-10,13-14H2,1-2H3,(H2,22,26). The lowest BCUT2D eigenvalue weighted by Gasteiger charge is -2.25. The summed E-state index contributed by atoms with van der Waals surface area (Å²) in [5, 5.41) is 0. The molecule has 0 unspecified atom stereocenters. The number of hydrogen-bond donors (Lipinski definition) is 1. The lowest BCUT2D eigenvalue weighted by atomic mass is 10.1. The highest BCUT2D eigenvalue weighted by Gasteiger charge is 2.34. The quantitative estimate of drug-likeness (QED) is 0.712. The normalized spacial score (nSPS) is 14.0. The van der Waals surface area contributed by atoms with Gasteiger partial charge in [0, 0.05) is 25.2 Å². The molecule has 1 saturated carbocycles. The molecule has 7 nitrogen and oxygen atoms in total. The first kappa shape index (κ1) is 21.0. The van der Waals surface area contributed by atoms with E-state index in [-0.39, 0.29) is 23.4 Å². The van der Waals surface area contributed by atoms with Gasteiger partial charge in [0.2, 0.25) is 21.8 Å². The van der Waals surface area contributed by atoms with Crippen molar-refractivity contribution in [2.24, 2.45) is 5.73 Å². The molecule has 0 aromatic heterocycles. The zero-order valence-electron chi connectivity index (χ0n) is 16.5. The molecule has 1 fully saturated rings. The second-order valence-electron chi connectivity index (χ2n) is 7.39. The van der Waals surface area contributed by atoms with Crippen LogP contribution in [0.3, 0.4) is 0 Å². The summed E-state index contributed by atoms with van der Waals surface area (Å²) in [5.74, 6) is -0.751. The Balaban J connectivity index is 1.71. The molecule has 2 amide bonds. The fourth-order valence-electron chi connectivity index (χ4n) is 3.03. The summed E-state index contributed by atoms with van der Waals surface area (Å²) < 4.78 is 26.6. The zero-order chi connectivity index (χ0) is 21.2. The van der Waals surface area contributed by atoms with E-state index in [0.29, 0.717) is 12.1 Å². The van der Waals surface area contributed by atoms with Gasteiger partial charge in [0.25, 0.3) is 0 Å². The molecule has 29 heavy (non-hydrogen) atoms. The minimum absolute atomic E-state index is 0.119. The Hall–Kier alpha value is -2.71. The third-order valence-corrected chi connectivity index (χ3v) is 6.80. The predicted octanol–water partition coefficient (Wildman–Crippen LogP) is 1.91. The van der Waals surface area contributed by atoms with Crippen molar-refractivity contribution in [3.63, 3.8) is 0 Å². The van der Waals surface area contributed by atoms with E-state index in [0.717, 1.165) is 28.3 Å². The molecule has 0 heterocycles. The Morgan fingerprint density at radius 3 is 2.14 bits per heavy atom. The highest BCUT2D eigenvalue weighted by atomic mass is 32.2. The maximum atomic E-state index is 12.9. The Bertz CT molecular complexity index is 997. The monoisotopic (exact) mass is 415 g/mol. The van der Waals surface area contributed by atoms with Gasteiger partial charge in [0.1, 0.15) is 0 Å². The number of aryl methyl sites for hydroxylation is 1. The van der Waals surface area contributed by atoms with E-state index in [1.165, 1.54) is 7.05 Å². The highest BCUT2D eigenvalue weighted by molar-refractivity contribution is 7.89. The number of amides is 2. The molecule has 0 saturated heterocycles. The van der Waals surface area contributed by atoms with Crippen LogP contribution in [0.25, 0.3) is 0 Å². The van der Waals surface area contributed by atoms with E-state index in [1.807, 2.05) is 6.92 Å². The van der Waals surface area contributed by atoms with Crippen LogP contribution in [0.4, 0.5) is 0 Å². The number of rotatable bonds is 8. The first-order chi connectivity index (χ1) is 13.7. The summed E-state index contributed by atoms with van der Waals surface area (Å²) in [6.45, 7) is 2.01. The molecular formula is C21H25N3O4S. The summed E-state index contributed by atoms with van der Waals surface area (Å²) in [7, 11) is -2.33. The van der Waals surface area contributed by atoms with Crippen LogP contribution >= 0.6 is 0 Å². The van der Waals surface area contributed by atoms with Crippen LogP contribution < -0.4 is 5.73 Å². The van der Waals surface area contributed by atoms with Crippen LogP contribution in [0.15, 0.2) is 53.4 Å². The first-order valence-corrected chi connectivity index (χ1v) is 10.8. The average Bonchev–Trinajstić information content (AvgIpc) is 3.51. The van der Waals surface area contributed by atoms with Gasteiger partial charge in [-0.1, -0.05) is 29.8 Å². The summed E-state index contributed by atoms with van der Waals surface area (Å²) in [4.78, 5) is 26.0. The Labute approximate surface area is 171 Å². The van der Waals surface area contributed by atoms with Crippen molar-refractivity contribution in [1.82, 2.24) is 9.21 Å². The lowest BCUT2D eigenvalue weighted by molar-refractivity contribution is -0.132. The molecule has 2 N–H and O–H groups in total. The number of sulfonamides is 1. The Kier molecular flexibility index (Phi) is 6.04. The summed E-state index contributed by atoms with van der Waals surface area (Å²) in [6.07, 6.45) is 1.80. The maximum absolute atomic E-state index is 12.9. The SMILES string of the molecule is Cc1ccc(S(=O)(=O)N(C)CC(=O)N(Cc2ccc(C(N)=O)cc2)C2CC2)cc1. The van der Waals surface area contributed by atoms with Crippen LogP contribution in [0.5, 0.6) is 0 Å². The molecule has 1 aliphatic carbocycles. The van der Waals surface area contributed by atoms with Crippen molar-refractivity contribution in [1.29, 1.82) is 0 Å². The molecule has 0 atom stereocenters. The van der Waals surface area contributed by atoms with Gasteiger partial charge in [-0.15, -0.1) is 0 Å². The van der Waals surface area contributed by atoms with E-state index in [2.05, 4.69) is 0 Å². The smallest absolute Gasteiger partial charge is 0.248 e. The van der Waals surface area contributed by atoms with Crippen LogP contribution in [0.2, 0.25) is 0 Å². The number of likely N-dealkylation sites (N-methyl/N-ethyl adjacent to an activating group) is 1. The Morgan fingerprint density at radius 1 is 1.03 bits per heavy atom. The molecule has 2 aromatic carbocycles. The zero-order valence-corrected chi connectivity index (χ0v) is 17.4. The van der Waals surface area contributed by atoms with Gasteiger partial charge in [0.05, 0.1) is 11.4 Å². The van der Waals surface area contributed by atoms with E-state index >= 15 is 0 Å². The molecule has 3 rings (SSSR count). The van der Waals surface area contributed by atoms with Crippen molar-refractivity contribution in [3.8, 4) is 0 Å². The largest absolute Gasteiger partial charge is 0.366 e. The van der Waals surface area contributed by atoms with Crippen LogP contribution in [-0.4, -0.2) is 49.1 Å². The minimum Gasteiger partial charge on any atom is -0.366 e. The van der Waals surface area contributed by atoms with E-state index in [1.54, 1.807) is 53.4 Å². The molecule has 2 aromatic rings. The maximum Gasteiger partial charge on any atom is 0.248 e. The molecular weight excluding hydrogens is 390 g/mol. The van der Waals surface area contributed by atoms with Gasteiger partial charge in [0.15, 0.2) is 0 Å². The van der Waals surface area contributed by atoms with Crippen molar-refractivity contribution in [2.45, 2.75) is 37.2 Å². The van der Waals surface area contributed by atoms with E-state index < -0.39 is 15.9 Å². The number of nitrogens with two attached hydrogens (primary N) is 1. The molecule has 0 spiro atoms. The third-order valence-electron chi connectivity index (χ3n) is 4.99. The number of hydrogen-bond acceptors (Lipinski definition) is 4. The second kappa shape index (κ2) is 8.34. The predicted molar refractivity (Wildman–Crippen MR) is 110 cm³/mol. The van der Waals surface area contributed by atoms with Crippen LogP contribution in [0.1, 0.15) is 34.3 Å². The summed E-state index contributed by atoms with van der Waals surface area (Å²) in [5.41, 5.74) is 7.49. The van der Waals surface area contributed by atoms with Crippen molar-refractivity contribution >= 4 is 21.8 Å². The van der Waals surface area contributed by atoms with Gasteiger partial charge in [-0.3, -0.25) is 9.59 Å². The number of primary amides is 1. The average molecular weight is 416 g/mol. The van der Waals surface area contributed by atoms with Crippen molar-refractivity contribution < 1.29 is 18.0 Å².